The standard InChI is InChI=1S/C21H21F5N2O3S2.C4H8F2/c22-20(23)4-2-12(3-5-20)28-6-1-7-32-16-9-15(13(8-14(16)28)21(24,25)26)31-10-17-18(19(29)30)27-11-33-17;1-3-4(2,5)6/h8-9,11-12H,1-7,10H2,(H,29,30);3H2,1-2H3. The van der Waals surface area contributed by atoms with Gasteiger partial charge in [0, 0.05) is 36.7 Å². The molecule has 1 aromatic carbocycles. The number of carboxylic acid groups (broad SMARTS) is 1. The zero-order valence-corrected chi connectivity index (χ0v) is 22.9. The molecule has 0 bridgehead atoms. The van der Waals surface area contributed by atoms with Crippen molar-refractivity contribution in [1.82, 2.24) is 4.98 Å². The van der Waals surface area contributed by atoms with Crippen molar-refractivity contribution >= 4 is 34.8 Å². The second kappa shape index (κ2) is 12.5. The van der Waals surface area contributed by atoms with Crippen molar-refractivity contribution in [2.75, 3.05) is 17.2 Å². The van der Waals surface area contributed by atoms with Crippen LogP contribution in [-0.4, -0.2) is 46.2 Å². The van der Waals surface area contributed by atoms with Gasteiger partial charge in [-0.15, -0.1) is 23.1 Å². The highest BCUT2D eigenvalue weighted by atomic mass is 32.2. The topological polar surface area (TPSA) is 62.7 Å². The first-order valence-corrected chi connectivity index (χ1v) is 14.2. The van der Waals surface area contributed by atoms with E-state index in [2.05, 4.69) is 4.98 Å². The highest BCUT2D eigenvalue weighted by Gasteiger charge is 2.40. The van der Waals surface area contributed by atoms with E-state index in [0.717, 1.165) is 24.3 Å². The molecule has 2 aromatic rings. The summed E-state index contributed by atoms with van der Waals surface area (Å²) in [6.45, 7) is 2.50. The molecule has 218 valence electrons. The molecular weight excluding hydrogens is 573 g/mol. The van der Waals surface area contributed by atoms with Gasteiger partial charge in [0.2, 0.25) is 11.8 Å². The summed E-state index contributed by atoms with van der Waals surface area (Å²) in [5.41, 5.74) is 0.455. The van der Waals surface area contributed by atoms with Crippen molar-refractivity contribution in [1.29, 1.82) is 0 Å². The number of carbonyl (C=O) groups is 1. The molecule has 0 spiro atoms. The first-order valence-electron chi connectivity index (χ1n) is 12.3. The van der Waals surface area contributed by atoms with Crippen molar-refractivity contribution in [3.8, 4) is 5.75 Å². The number of hydrogen-bond acceptors (Lipinski definition) is 6. The van der Waals surface area contributed by atoms with E-state index in [1.54, 1.807) is 0 Å². The monoisotopic (exact) mass is 602 g/mol. The number of ether oxygens (including phenoxy) is 1. The lowest BCUT2D eigenvalue weighted by atomic mass is 9.90. The van der Waals surface area contributed by atoms with Gasteiger partial charge in [0.05, 0.1) is 21.6 Å². The molecule has 39 heavy (non-hydrogen) atoms. The van der Waals surface area contributed by atoms with E-state index >= 15 is 0 Å². The molecule has 2 aliphatic rings. The Balaban J connectivity index is 0.000000631. The van der Waals surface area contributed by atoms with Gasteiger partial charge in [-0.25, -0.2) is 27.3 Å². The van der Waals surface area contributed by atoms with E-state index in [4.69, 9.17) is 9.84 Å². The molecule has 2 heterocycles. The van der Waals surface area contributed by atoms with Crippen LogP contribution in [-0.2, 0) is 12.8 Å². The minimum absolute atomic E-state index is 0.0625. The molecule has 1 N–H and O–H groups in total. The molecule has 0 saturated heterocycles. The molecule has 14 heteroatoms. The van der Waals surface area contributed by atoms with Gasteiger partial charge in [0.25, 0.3) is 0 Å². The zero-order valence-electron chi connectivity index (χ0n) is 21.3. The number of thiazole rings is 1. The fourth-order valence-corrected chi connectivity index (χ4v) is 5.85. The second-order valence-electron chi connectivity index (χ2n) is 9.44. The van der Waals surface area contributed by atoms with E-state index in [1.807, 2.05) is 4.90 Å². The van der Waals surface area contributed by atoms with Crippen LogP contribution in [0.4, 0.5) is 36.4 Å². The van der Waals surface area contributed by atoms with Crippen LogP contribution in [0.2, 0.25) is 0 Å². The highest BCUT2D eigenvalue weighted by Crippen LogP contribution is 2.47. The first-order chi connectivity index (χ1) is 18.1. The Labute approximate surface area is 229 Å². The Morgan fingerprint density at radius 3 is 2.41 bits per heavy atom. The van der Waals surface area contributed by atoms with Crippen LogP contribution in [0.15, 0.2) is 22.5 Å². The average molecular weight is 603 g/mol. The van der Waals surface area contributed by atoms with E-state index in [9.17, 15) is 35.5 Å². The van der Waals surface area contributed by atoms with Gasteiger partial charge in [0.1, 0.15) is 12.4 Å². The molecule has 5 nitrogen and oxygen atoms in total. The Kier molecular flexibility index (Phi) is 10.1. The summed E-state index contributed by atoms with van der Waals surface area (Å²) in [4.78, 5) is 17.6. The number of aromatic nitrogens is 1. The Hall–Kier alpha value is -2.22. The van der Waals surface area contributed by atoms with Crippen LogP contribution in [0.25, 0.3) is 0 Å². The maximum atomic E-state index is 14.0. The summed E-state index contributed by atoms with van der Waals surface area (Å²) < 4.78 is 97.5. The molecule has 1 saturated carbocycles. The van der Waals surface area contributed by atoms with Gasteiger partial charge in [-0.05, 0) is 44.1 Å². The number of hydrogen-bond donors (Lipinski definition) is 1. The Morgan fingerprint density at radius 1 is 1.21 bits per heavy atom. The van der Waals surface area contributed by atoms with E-state index in [-0.39, 0.29) is 55.3 Å². The summed E-state index contributed by atoms with van der Waals surface area (Å²) in [5.74, 6) is -6.18. The third-order valence-electron chi connectivity index (χ3n) is 6.43. The van der Waals surface area contributed by atoms with Crippen molar-refractivity contribution in [3.05, 3.63) is 33.8 Å². The van der Waals surface area contributed by atoms with Crippen molar-refractivity contribution in [2.24, 2.45) is 0 Å². The van der Waals surface area contributed by atoms with Crippen LogP contribution in [0, 0.1) is 0 Å². The predicted octanol–water partition coefficient (Wildman–Crippen LogP) is 8.37. The molecule has 0 atom stereocenters. The van der Waals surface area contributed by atoms with Gasteiger partial charge < -0.3 is 14.7 Å². The van der Waals surface area contributed by atoms with Crippen molar-refractivity contribution in [3.63, 3.8) is 0 Å². The largest absolute Gasteiger partial charge is 0.487 e. The normalized spacial score (nSPS) is 18.0. The number of aromatic carboxylic acids is 1. The predicted molar refractivity (Wildman–Crippen MR) is 136 cm³/mol. The number of fused-ring (bicyclic) bond motifs is 1. The van der Waals surface area contributed by atoms with Gasteiger partial charge in [-0.2, -0.15) is 13.2 Å². The molecule has 0 radical (unpaired) electrons. The minimum Gasteiger partial charge on any atom is -0.487 e. The summed E-state index contributed by atoms with van der Waals surface area (Å²) in [7, 11) is 0. The number of thioether (sulfide) groups is 1. The molecule has 0 unspecified atom stereocenters. The van der Waals surface area contributed by atoms with Crippen LogP contribution < -0.4 is 9.64 Å². The lowest BCUT2D eigenvalue weighted by molar-refractivity contribution is -0.139. The van der Waals surface area contributed by atoms with Gasteiger partial charge in [-0.3, -0.25) is 0 Å². The molecule has 0 amide bonds. The third kappa shape index (κ3) is 8.63. The SMILES string of the molecule is CCC(C)(F)F.O=C(O)c1ncsc1COc1cc2c(cc1C(F)(F)F)N(C1CCC(F)(F)CC1)CCCS2. The number of carboxylic acids is 1. The number of nitrogens with zero attached hydrogens (tertiary/aromatic N) is 2. The maximum Gasteiger partial charge on any atom is 0.420 e. The van der Waals surface area contributed by atoms with Crippen LogP contribution >= 0.6 is 23.1 Å². The number of anilines is 1. The first kappa shape index (κ1) is 31.3. The van der Waals surface area contributed by atoms with Gasteiger partial charge in [-0.1, -0.05) is 6.92 Å². The molecule has 1 aliphatic carbocycles. The number of rotatable bonds is 6. The van der Waals surface area contributed by atoms with Crippen LogP contribution in [0.5, 0.6) is 5.75 Å². The molecule has 1 aliphatic heterocycles. The van der Waals surface area contributed by atoms with E-state index < -0.39 is 35.3 Å². The maximum absolute atomic E-state index is 14.0. The van der Waals surface area contributed by atoms with Crippen LogP contribution in [0.1, 0.15) is 73.3 Å². The smallest absolute Gasteiger partial charge is 0.420 e. The van der Waals surface area contributed by atoms with E-state index in [1.165, 1.54) is 30.3 Å². The highest BCUT2D eigenvalue weighted by molar-refractivity contribution is 7.99. The minimum atomic E-state index is -4.71. The van der Waals surface area contributed by atoms with Gasteiger partial charge in [0.15, 0.2) is 5.69 Å². The summed E-state index contributed by atoms with van der Waals surface area (Å²) in [5, 5.41) is 9.16. The molecular formula is C25H29F7N2O3S2. The number of halogens is 7. The Bertz CT molecular complexity index is 1130. The quantitative estimate of drug-likeness (QED) is 0.335. The lowest BCUT2D eigenvalue weighted by Crippen LogP contribution is -2.41. The van der Waals surface area contributed by atoms with Gasteiger partial charge >= 0.3 is 12.1 Å². The van der Waals surface area contributed by atoms with Crippen LogP contribution in [0.3, 0.4) is 0 Å². The molecule has 4 rings (SSSR count). The second-order valence-corrected chi connectivity index (χ2v) is 11.5. The fourth-order valence-electron chi connectivity index (χ4n) is 4.17. The zero-order chi connectivity index (χ0) is 29.0. The Morgan fingerprint density at radius 2 is 1.85 bits per heavy atom. The van der Waals surface area contributed by atoms with Crippen molar-refractivity contribution in [2.45, 2.75) is 87.9 Å². The number of benzene rings is 1. The summed E-state index contributed by atoms with van der Waals surface area (Å²) >= 11 is 2.39. The molecule has 1 aromatic heterocycles. The summed E-state index contributed by atoms with van der Waals surface area (Å²) in [6, 6.07) is 2.13. The third-order valence-corrected chi connectivity index (χ3v) is 8.36. The summed E-state index contributed by atoms with van der Waals surface area (Å²) in [6.07, 6.45) is -4.16. The average Bonchev–Trinajstić information content (AvgIpc) is 3.22. The van der Waals surface area contributed by atoms with Crippen molar-refractivity contribution < 1.29 is 45.4 Å². The lowest BCUT2D eigenvalue weighted by Gasteiger charge is -2.38. The molecule has 1 fully saturated rings. The number of alkyl halides is 7. The van der Waals surface area contributed by atoms with E-state index in [0.29, 0.717) is 29.3 Å². The fraction of sp³-hybridized carbons (Fsp3) is 0.600.